The van der Waals surface area contributed by atoms with E-state index in [2.05, 4.69) is 65.1 Å². The molecule has 2 aliphatic rings. The summed E-state index contributed by atoms with van der Waals surface area (Å²) >= 11 is 6.11. The summed E-state index contributed by atoms with van der Waals surface area (Å²) in [5.41, 5.74) is 1.24. The van der Waals surface area contributed by atoms with Gasteiger partial charge in [0.15, 0.2) is 0 Å². The smallest absolute Gasteiger partial charge is 0.128 e. The van der Waals surface area contributed by atoms with Crippen LogP contribution in [0.15, 0.2) is 48.7 Å². The zero-order valence-corrected chi connectivity index (χ0v) is 20.4. The zero-order chi connectivity index (χ0) is 22.6. The molecule has 1 N–H and O–H groups in total. The van der Waals surface area contributed by atoms with E-state index in [1.807, 2.05) is 24.4 Å². The number of piperidine rings is 1. The maximum absolute atomic E-state index is 6.13. The van der Waals surface area contributed by atoms with Crippen molar-refractivity contribution in [3.63, 3.8) is 0 Å². The van der Waals surface area contributed by atoms with Crippen LogP contribution in [0.2, 0.25) is 5.02 Å². The lowest BCUT2D eigenvalue weighted by Crippen LogP contribution is -2.62. The van der Waals surface area contributed by atoms with Crippen LogP contribution in [0.1, 0.15) is 39.2 Å². The lowest BCUT2D eigenvalue weighted by Gasteiger charge is -2.47. The number of rotatable bonds is 6. The minimum Gasteiger partial charge on any atom is -0.374 e. The Labute approximate surface area is 198 Å². The Morgan fingerprint density at radius 2 is 1.84 bits per heavy atom. The summed E-state index contributed by atoms with van der Waals surface area (Å²) < 4.78 is 6.13. The number of pyridine rings is 1. The molecular formula is C26H37ClN4O. The van der Waals surface area contributed by atoms with E-state index in [0.717, 1.165) is 50.0 Å². The number of benzene rings is 1. The highest BCUT2D eigenvalue weighted by atomic mass is 35.5. The molecule has 0 unspecified atom stereocenters. The molecule has 0 radical (unpaired) electrons. The van der Waals surface area contributed by atoms with Gasteiger partial charge in [0.1, 0.15) is 5.82 Å². The Kier molecular flexibility index (Phi) is 7.72. The van der Waals surface area contributed by atoms with Crippen molar-refractivity contribution in [2.45, 2.75) is 63.8 Å². The van der Waals surface area contributed by atoms with Crippen LogP contribution in [0.4, 0.5) is 5.82 Å². The summed E-state index contributed by atoms with van der Waals surface area (Å²) in [5, 5.41) is 4.56. The van der Waals surface area contributed by atoms with Gasteiger partial charge in [0.25, 0.3) is 0 Å². The largest absolute Gasteiger partial charge is 0.374 e. The van der Waals surface area contributed by atoms with Crippen molar-refractivity contribution in [3.05, 3.63) is 59.2 Å². The van der Waals surface area contributed by atoms with Gasteiger partial charge in [-0.2, -0.15) is 0 Å². The van der Waals surface area contributed by atoms with Crippen LogP contribution >= 0.6 is 11.6 Å². The Bertz CT molecular complexity index is 831. The summed E-state index contributed by atoms with van der Waals surface area (Å²) in [7, 11) is 0. The van der Waals surface area contributed by atoms with Crippen LogP contribution in [0.5, 0.6) is 0 Å². The molecule has 0 saturated carbocycles. The van der Waals surface area contributed by atoms with Crippen LogP contribution < -0.4 is 10.2 Å². The van der Waals surface area contributed by atoms with Crippen molar-refractivity contribution >= 4 is 17.4 Å². The van der Waals surface area contributed by atoms with Gasteiger partial charge in [-0.3, -0.25) is 4.90 Å². The third-order valence-electron chi connectivity index (χ3n) is 6.55. The number of nitrogens with zero attached hydrogens (tertiary/aromatic N) is 3. The van der Waals surface area contributed by atoms with E-state index in [1.54, 1.807) is 0 Å². The van der Waals surface area contributed by atoms with E-state index in [9.17, 15) is 0 Å². The lowest BCUT2D eigenvalue weighted by atomic mass is 9.94. The van der Waals surface area contributed by atoms with Crippen molar-refractivity contribution in [2.75, 3.05) is 37.7 Å². The SMILES string of the molecule is CC(C)(C)OC[C@H]1CN(C2CCN(c3ccccn3)CC2)[C@@H](Cc2ccc(Cl)cc2)CN1. The van der Waals surface area contributed by atoms with E-state index in [-0.39, 0.29) is 5.60 Å². The molecule has 5 nitrogen and oxygen atoms in total. The normalized spacial score (nSPS) is 23.4. The monoisotopic (exact) mass is 456 g/mol. The third kappa shape index (κ3) is 6.44. The van der Waals surface area contributed by atoms with Gasteiger partial charge in [0.05, 0.1) is 12.2 Å². The summed E-state index contributed by atoms with van der Waals surface area (Å²) in [5.74, 6) is 1.10. The molecule has 4 rings (SSSR count). The van der Waals surface area contributed by atoms with Crippen molar-refractivity contribution in [1.82, 2.24) is 15.2 Å². The molecule has 6 heteroatoms. The first-order chi connectivity index (χ1) is 15.4. The molecule has 0 amide bonds. The van der Waals surface area contributed by atoms with Gasteiger partial charge in [0.2, 0.25) is 0 Å². The molecule has 1 aromatic heterocycles. The van der Waals surface area contributed by atoms with Crippen LogP contribution in [-0.2, 0) is 11.2 Å². The molecule has 0 bridgehead atoms. The number of hydrogen-bond acceptors (Lipinski definition) is 5. The molecule has 3 heterocycles. The van der Waals surface area contributed by atoms with Crippen LogP contribution in [0.25, 0.3) is 0 Å². The molecule has 2 aliphatic heterocycles. The Balaban J connectivity index is 1.42. The highest BCUT2D eigenvalue weighted by Gasteiger charge is 2.35. The van der Waals surface area contributed by atoms with E-state index in [1.165, 1.54) is 18.4 Å². The van der Waals surface area contributed by atoms with E-state index in [0.29, 0.717) is 18.1 Å². The second-order valence-electron chi connectivity index (χ2n) is 10.1. The van der Waals surface area contributed by atoms with Crippen molar-refractivity contribution < 1.29 is 4.74 Å². The zero-order valence-electron chi connectivity index (χ0n) is 19.6. The van der Waals surface area contributed by atoms with Gasteiger partial charge < -0.3 is 15.0 Å². The highest BCUT2D eigenvalue weighted by Crippen LogP contribution is 2.26. The van der Waals surface area contributed by atoms with E-state index >= 15 is 0 Å². The minimum atomic E-state index is -0.110. The second kappa shape index (κ2) is 10.5. The quantitative estimate of drug-likeness (QED) is 0.697. The van der Waals surface area contributed by atoms with Gasteiger partial charge in [-0.25, -0.2) is 4.98 Å². The molecule has 2 aromatic rings. The average Bonchev–Trinajstić information content (AvgIpc) is 2.80. The Morgan fingerprint density at radius 1 is 1.09 bits per heavy atom. The average molecular weight is 457 g/mol. The van der Waals surface area contributed by atoms with E-state index in [4.69, 9.17) is 16.3 Å². The van der Waals surface area contributed by atoms with Crippen molar-refractivity contribution in [3.8, 4) is 0 Å². The number of ether oxygens (including phenoxy) is 1. The molecular weight excluding hydrogens is 420 g/mol. The molecule has 2 fully saturated rings. The molecule has 0 aliphatic carbocycles. The number of hydrogen-bond donors (Lipinski definition) is 1. The number of halogens is 1. The predicted molar refractivity (Wildman–Crippen MR) is 133 cm³/mol. The van der Waals surface area contributed by atoms with Gasteiger partial charge in [0, 0.05) is 55.5 Å². The van der Waals surface area contributed by atoms with Gasteiger partial charge in [-0.05, 0) is 69.9 Å². The number of anilines is 1. The van der Waals surface area contributed by atoms with Crippen molar-refractivity contribution in [2.24, 2.45) is 0 Å². The third-order valence-corrected chi connectivity index (χ3v) is 6.80. The van der Waals surface area contributed by atoms with Gasteiger partial charge in [-0.1, -0.05) is 29.8 Å². The summed E-state index contributed by atoms with van der Waals surface area (Å²) in [6, 6.07) is 16.0. The standard InChI is InChI=1S/C26H37ClN4O/c1-26(2,3)32-19-22-18-31(24(17-29-22)16-20-7-9-21(27)10-8-20)23-11-14-30(15-12-23)25-6-4-5-13-28-25/h4-10,13,22-24,29H,11-12,14-19H2,1-3H3/t22-,24+/m1/s1. The molecule has 0 spiro atoms. The molecule has 174 valence electrons. The van der Waals surface area contributed by atoms with Crippen LogP contribution in [0.3, 0.4) is 0 Å². The van der Waals surface area contributed by atoms with Crippen LogP contribution in [-0.4, -0.2) is 66.4 Å². The summed E-state index contributed by atoms with van der Waals surface area (Å²) in [6.45, 7) is 11.3. The maximum Gasteiger partial charge on any atom is 0.128 e. The molecule has 1 aromatic carbocycles. The first-order valence-electron chi connectivity index (χ1n) is 11.9. The van der Waals surface area contributed by atoms with E-state index < -0.39 is 0 Å². The Hall–Kier alpha value is -1.66. The summed E-state index contributed by atoms with van der Waals surface area (Å²) in [6.07, 6.45) is 5.26. The van der Waals surface area contributed by atoms with Crippen molar-refractivity contribution in [1.29, 1.82) is 0 Å². The topological polar surface area (TPSA) is 40.6 Å². The number of piperazine rings is 1. The summed E-state index contributed by atoms with van der Waals surface area (Å²) in [4.78, 5) is 9.74. The highest BCUT2D eigenvalue weighted by molar-refractivity contribution is 6.30. The van der Waals surface area contributed by atoms with Gasteiger partial charge >= 0.3 is 0 Å². The minimum absolute atomic E-state index is 0.110. The maximum atomic E-state index is 6.13. The first kappa shape index (κ1) is 23.5. The molecule has 2 atom stereocenters. The first-order valence-corrected chi connectivity index (χ1v) is 12.3. The van der Waals surface area contributed by atoms with Crippen LogP contribution in [0, 0.1) is 0 Å². The molecule has 2 saturated heterocycles. The lowest BCUT2D eigenvalue weighted by molar-refractivity contribution is -0.0339. The molecule has 32 heavy (non-hydrogen) atoms. The Morgan fingerprint density at radius 3 is 2.50 bits per heavy atom. The second-order valence-corrected chi connectivity index (χ2v) is 10.6. The number of aromatic nitrogens is 1. The van der Waals surface area contributed by atoms with Gasteiger partial charge in [-0.15, -0.1) is 0 Å². The fourth-order valence-electron chi connectivity index (χ4n) is 4.85. The fourth-order valence-corrected chi connectivity index (χ4v) is 4.97. The number of nitrogens with one attached hydrogen (secondary N) is 1. The fraction of sp³-hybridized carbons (Fsp3) is 0.577. The predicted octanol–water partition coefficient (Wildman–Crippen LogP) is 4.40.